The Balaban J connectivity index is 2.79. The van der Waals surface area contributed by atoms with Crippen LogP contribution in [-0.2, 0) is 12.6 Å². The molecule has 1 aromatic rings. The lowest BCUT2D eigenvalue weighted by Crippen LogP contribution is -2.05. The molecule has 4 heteroatoms. The van der Waals surface area contributed by atoms with Gasteiger partial charge in [0.15, 0.2) is 0 Å². The fraction of sp³-hybridized carbons (Fsp3) is 0.385. The van der Waals surface area contributed by atoms with E-state index in [0.29, 0.717) is 12.0 Å². The quantitative estimate of drug-likeness (QED) is 0.543. The van der Waals surface area contributed by atoms with E-state index in [1.165, 1.54) is 12.1 Å². The van der Waals surface area contributed by atoms with E-state index in [9.17, 15) is 13.2 Å². The first kappa shape index (κ1) is 14.3. The highest BCUT2D eigenvalue weighted by Crippen LogP contribution is 2.29. The van der Waals surface area contributed by atoms with E-state index in [0.717, 1.165) is 23.4 Å². The molecule has 0 saturated heterocycles. The summed E-state index contributed by atoms with van der Waals surface area (Å²) >= 11 is 3.31. The maximum atomic E-state index is 12.5. The minimum absolute atomic E-state index is 0.566. The molecule has 94 valence electrons. The fourth-order valence-corrected chi connectivity index (χ4v) is 1.78. The summed E-state index contributed by atoms with van der Waals surface area (Å²) in [6, 6.07) is 5.49. The SMILES string of the molecule is CC(=CCCBr)Cc1cccc(C(F)(F)F)c1. The van der Waals surface area contributed by atoms with Crippen LogP contribution in [0.25, 0.3) is 0 Å². The first-order valence-electron chi connectivity index (χ1n) is 5.31. The van der Waals surface area contributed by atoms with Crippen LogP contribution in [0.3, 0.4) is 0 Å². The molecule has 0 saturated carbocycles. The molecule has 17 heavy (non-hydrogen) atoms. The standard InChI is InChI=1S/C13H14BrF3/c1-10(4-3-7-14)8-11-5-2-6-12(9-11)13(15,16)17/h2,4-6,9H,3,7-8H2,1H3. The van der Waals surface area contributed by atoms with E-state index in [2.05, 4.69) is 15.9 Å². The molecule has 0 atom stereocenters. The maximum Gasteiger partial charge on any atom is 0.416 e. The minimum atomic E-state index is -4.26. The molecule has 0 fully saturated rings. The maximum absolute atomic E-state index is 12.5. The first-order chi connectivity index (χ1) is 7.93. The molecular formula is C13H14BrF3. The third-order valence-electron chi connectivity index (χ3n) is 2.34. The van der Waals surface area contributed by atoms with E-state index < -0.39 is 11.7 Å². The van der Waals surface area contributed by atoms with Gasteiger partial charge in [-0.05, 0) is 31.4 Å². The zero-order chi connectivity index (χ0) is 12.9. The Bertz CT molecular complexity index is 394. The van der Waals surface area contributed by atoms with Gasteiger partial charge in [-0.3, -0.25) is 0 Å². The third kappa shape index (κ3) is 4.94. The van der Waals surface area contributed by atoms with E-state index in [1.54, 1.807) is 6.07 Å². The number of alkyl halides is 4. The van der Waals surface area contributed by atoms with Crippen LogP contribution >= 0.6 is 15.9 Å². The number of rotatable bonds is 4. The van der Waals surface area contributed by atoms with Crippen LogP contribution in [0, 0.1) is 0 Å². The average molecular weight is 307 g/mol. The van der Waals surface area contributed by atoms with Gasteiger partial charge in [-0.15, -0.1) is 0 Å². The van der Waals surface area contributed by atoms with Crippen LogP contribution in [-0.4, -0.2) is 5.33 Å². The molecular weight excluding hydrogens is 293 g/mol. The van der Waals surface area contributed by atoms with Crippen molar-refractivity contribution in [2.24, 2.45) is 0 Å². The van der Waals surface area contributed by atoms with Gasteiger partial charge in [0.05, 0.1) is 5.56 Å². The molecule has 0 radical (unpaired) electrons. The van der Waals surface area contributed by atoms with Gasteiger partial charge in [-0.2, -0.15) is 13.2 Å². The molecule has 1 aromatic carbocycles. The smallest absolute Gasteiger partial charge is 0.166 e. The van der Waals surface area contributed by atoms with Crippen LogP contribution in [0.5, 0.6) is 0 Å². The molecule has 0 amide bonds. The number of hydrogen-bond donors (Lipinski definition) is 0. The lowest BCUT2D eigenvalue weighted by atomic mass is 10.0. The third-order valence-corrected chi connectivity index (χ3v) is 2.80. The summed E-state index contributed by atoms with van der Waals surface area (Å²) in [6.07, 6.45) is -0.764. The number of hydrogen-bond acceptors (Lipinski definition) is 0. The predicted octanol–water partition coefficient (Wildman–Crippen LogP) is 4.98. The lowest BCUT2D eigenvalue weighted by Gasteiger charge is -2.08. The molecule has 0 aromatic heterocycles. The lowest BCUT2D eigenvalue weighted by molar-refractivity contribution is -0.137. The van der Waals surface area contributed by atoms with Crippen molar-refractivity contribution < 1.29 is 13.2 Å². The van der Waals surface area contributed by atoms with E-state index in [1.807, 2.05) is 13.0 Å². The van der Waals surface area contributed by atoms with E-state index in [4.69, 9.17) is 0 Å². The van der Waals surface area contributed by atoms with Gasteiger partial charge in [-0.1, -0.05) is 45.8 Å². The van der Waals surface area contributed by atoms with Crippen molar-refractivity contribution in [3.05, 3.63) is 47.0 Å². The van der Waals surface area contributed by atoms with Crippen LogP contribution in [0.15, 0.2) is 35.9 Å². The van der Waals surface area contributed by atoms with Gasteiger partial charge >= 0.3 is 6.18 Å². The normalized spacial score (nSPS) is 12.9. The summed E-state index contributed by atoms with van der Waals surface area (Å²) in [7, 11) is 0. The summed E-state index contributed by atoms with van der Waals surface area (Å²) in [5.41, 5.74) is 1.20. The molecule has 0 N–H and O–H groups in total. The molecule has 0 nitrogen and oxygen atoms in total. The van der Waals surface area contributed by atoms with Crippen LogP contribution in [0.1, 0.15) is 24.5 Å². The van der Waals surface area contributed by atoms with Crippen molar-refractivity contribution in [1.29, 1.82) is 0 Å². The summed E-state index contributed by atoms with van der Waals surface area (Å²) < 4.78 is 37.5. The Morgan fingerprint density at radius 2 is 2.06 bits per heavy atom. The zero-order valence-corrected chi connectivity index (χ0v) is 11.1. The molecule has 0 aliphatic heterocycles. The predicted molar refractivity (Wildman–Crippen MR) is 67.3 cm³/mol. The van der Waals surface area contributed by atoms with Crippen molar-refractivity contribution in [3.8, 4) is 0 Å². The summed E-state index contributed by atoms with van der Waals surface area (Å²) in [5, 5.41) is 0.868. The monoisotopic (exact) mass is 306 g/mol. The van der Waals surface area contributed by atoms with Gasteiger partial charge in [0, 0.05) is 5.33 Å². The Morgan fingerprint density at radius 1 is 1.35 bits per heavy atom. The molecule has 0 aliphatic rings. The Labute approximate surface area is 108 Å². The zero-order valence-electron chi connectivity index (χ0n) is 9.52. The van der Waals surface area contributed by atoms with Crippen molar-refractivity contribution >= 4 is 15.9 Å². The van der Waals surface area contributed by atoms with Crippen molar-refractivity contribution in [2.45, 2.75) is 25.9 Å². The Hall–Kier alpha value is -0.770. The highest BCUT2D eigenvalue weighted by atomic mass is 79.9. The molecule has 0 aliphatic carbocycles. The van der Waals surface area contributed by atoms with Crippen LogP contribution in [0.2, 0.25) is 0 Å². The largest absolute Gasteiger partial charge is 0.416 e. The Kier molecular flexibility index (Phi) is 5.25. The topological polar surface area (TPSA) is 0 Å². The second kappa shape index (κ2) is 6.24. The second-order valence-electron chi connectivity index (χ2n) is 3.90. The molecule has 0 heterocycles. The van der Waals surface area contributed by atoms with Crippen LogP contribution < -0.4 is 0 Å². The average Bonchev–Trinajstić information content (AvgIpc) is 2.25. The first-order valence-corrected chi connectivity index (χ1v) is 6.43. The van der Waals surface area contributed by atoms with Gasteiger partial charge in [-0.25, -0.2) is 0 Å². The molecule has 1 rings (SSSR count). The minimum Gasteiger partial charge on any atom is -0.166 e. The number of halogens is 4. The van der Waals surface area contributed by atoms with Crippen molar-refractivity contribution in [2.75, 3.05) is 5.33 Å². The highest BCUT2D eigenvalue weighted by molar-refractivity contribution is 9.09. The molecule has 0 bridgehead atoms. The molecule has 0 unspecified atom stereocenters. The summed E-state index contributed by atoms with van der Waals surface area (Å²) in [6.45, 7) is 1.93. The summed E-state index contributed by atoms with van der Waals surface area (Å²) in [5.74, 6) is 0. The van der Waals surface area contributed by atoms with Crippen molar-refractivity contribution in [3.63, 3.8) is 0 Å². The fourth-order valence-electron chi connectivity index (χ4n) is 1.55. The van der Waals surface area contributed by atoms with E-state index >= 15 is 0 Å². The van der Waals surface area contributed by atoms with Gasteiger partial charge in [0.25, 0.3) is 0 Å². The highest BCUT2D eigenvalue weighted by Gasteiger charge is 2.30. The Morgan fingerprint density at radius 3 is 2.65 bits per heavy atom. The van der Waals surface area contributed by atoms with Gasteiger partial charge in [0.1, 0.15) is 0 Å². The van der Waals surface area contributed by atoms with Gasteiger partial charge in [0.2, 0.25) is 0 Å². The number of allylic oxidation sites excluding steroid dienone is 2. The molecule has 0 spiro atoms. The van der Waals surface area contributed by atoms with Crippen molar-refractivity contribution in [1.82, 2.24) is 0 Å². The van der Waals surface area contributed by atoms with Crippen LogP contribution in [0.4, 0.5) is 13.2 Å². The summed E-state index contributed by atoms with van der Waals surface area (Å²) in [4.78, 5) is 0. The van der Waals surface area contributed by atoms with E-state index in [-0.39, 0.29) is 0 Å². The second-order valence-corrected chi connectivity index (χ2v) is 4.70. The number of benzene rings is 1. The van der Waals surface area contributed by atoms with Gasteiger partial charge < -0.3 is 0 Å².